The lowest BCUT2D eigenvalue weighted by Gasteiger charge is -2.36. The molecule has 4 heterocycles. The van der Waals surface area contributed by atoms with Crippen molar-refractivity contribution in [3.63, 3.8) is 0 Å². The topological polar surface area (TPSA) is 83.1 Å². The van der Waals surface area contributed by atoms with E-state index in [9.17, 15) is 9.65 Å². The van der Waals surface area contributed by atoms with Gasteiger partial charge in [-0.3, -0.25) is 4.68 Å². The van der Waals surface area contributed by atoms with Crippen LogP contribution in [0.5, 0.6) is 5.75 Å². The van der Waals surface area contributed by atoms with Gasteiger partial charge in [-0.2, -0.15) is 10.4 Å². The number of fused-ring (bicyclic) bond motifs is 2. The molecule has 2 atom stereocenters. The molecule has 2 saturated heterocycles. The molecule has 2 bridgehead atoms. The number of piperazine rings is 1. The highest BCUT2D eigenvalue weighted by Gasteiger charge is 2.44. The fraction of sp³-hybridized carbons (Fsp3) is 0.364. The van der Waals surface area contributed by atoms with E-state index in [4.69, 9.17) is 9.72 Å². The Balaban J connectivity index is 1.38. The summed E-state index contributed by atoms with van der Waals surface area (Å²) in [5.41, 5.74) is 2.38. The van der Waals surface area contributed by atoms with Crippen molar-refractivity contribution in [3.8, 4) is 23.2 Å². The van der Waals surface area contributed by atoms with Gasteiger partial charge in [-0.05, 0) is 18.6 Å². The van der Waals surface area contributed by atoms with E-state index in [1.54, 1.807) is 17.1 Å². The zero-order chi connectivity index (χ0) is 21.4. The zero-order valence-corrected chi connectivity index (χ0v) is 17.1. The summed E-state index contributed by atoms with van der Waals surface area (Å²) in [4.78, 5) is 13.7. The monoisotopic (exact) mass is 419 g/mol. The molecule has 158 valence electrons. The Hall–Kier alpha value is -3.67. The van der Waals surface area contributed by atoms with Crippen LogP contribution >= 0.6 is 0 Å². The van der Waals surface area contributed by atoms with Crippen LogP contribution in [-0.2, 0) is 7.05 Å². The van der Waals surface area contributed by atoms with Crippen molar-refractivity contribution in [3.05, 3.63) is 48.4 Å². The number of alkyl halides is 1. The van der Waals surface area contributed by atoms with Crippen LogP contribution in [0.25, 0.3) is 11.4 Å². The summed E-state index contributed by atoms with van der Waals surface area (Å²) in [6.45, 7) is 1.16. The predicted octanol–water partition coefficient (Wildman–Crippen LogP) is 2.56. The number of hydrogen-bond donors (Lipinski definition) is 0. The van der Waals surface area contributed by atoms with Crippen LogP contribution in [0, 0.1) is 11.3 Å². The third-order valence-electron chi connectivity index (χ3n) is 5.86. The van der Waals surface area contributed by atoms with Gasteiger partial charge in [-0.25, -0.2) is 14.4 Å². The second-order valence-electron chi connectivity index (χ2n) is 7.83. The minimum absolute atomic E-state index is 0.0627. The molecule has 0 aliphatic carbocycles. The van der Waals surface area contributed by atoms with Gasteiger partial charge >= 0.3 is 0 Å². The highest BCUT2D eigenvalue weighted by molar-refractivity contribution is 5.64. The van der Waals surface area contributed by atoms with Gasteiger partial charge in [-0.15, -0.1) is 0 Å². The van der Waals surface area contributed by atoms with Gasteiger partial charge in [0, 0.05) is 44.1 Å². The quantitative estimate of drug-likeness (QED) is 0.607. The van der Waals surface area contributed by atoms with E-state index in [-0.39, 0.29) is 12.6 Å². The lowest BCUT2D eigenvalue weighted by atomic mass is 10.2. The first-order valence-corrected chi connectivity index (χ1v) is 10.2. The Morgan fingerprint density at radius 2 is 2.06 bits per heavy atom. The average molecular weight is 419 g/mol. The van der Waals surface area contributed by atoms with Crippen molar-refractivity contribution in [1.29, 1.82) is 5.26 Å². The van der Waals surface area contributed by atoms with Crippen LogP contribution < -0.4 is 14.5 Å². The Morgan fingerprint density at radius 3 is 2.77 bits per heavy atom. The highest BCUT2D eigenvalue weighted by Crippen LogP contribution is 2.38. The second kappa shape index (κ2) is 7.87. The van der Waals surface area contributed by atoms with Crippen molar-refractivity contribution in [2.45, 2.75) is 18.5 Å². The molecule has 0 radical (unpaired) electrons. The summed E-state index contributed by atoms with van der Waals surface area (Å²) in [6, 6.07) is 10.6. The Morgan fingerprint density at radius 1 is 1.23 bits per heavy atom. The molecule has 0 spiro atoms. The number of hydrogen-bond acceptors (Lipinski definition) is 7. The molecule has 8 nitrogen and oxygen atoms in total. The average Bonchev–Trinajstić information content (AvgIpc) is 3.53. The van der Waals surface area contributed by atoms with Gasteiger partial charge in [0.1, 0.15) is 30.7 Å². The number of ether oxygens (including phenoxy) is 1. The molecule has 0 N–H and O–H groups in total. The number of rotatable bonds is 6. The van der Waals surface area contributed by atoms with E-state index in [1.165, 1.54) is 0 Å². The van der Waals surface area contributed by atoms with Crippen molar-refractivity contribution in [1.82, 2.24) is 19.7 Å². The van der Waals surface area contributed by atoms with Crippen LogP contribution in [0.3, 0.4) is 0 Å². The molecule has 9 heteroatoms. The van der Waals surface area contributed by atoms with Crippen LogP contribution in [0.2, 0.25) is 0 Å². The number of aryl methyl sites for hydroxylation is 1. The molecule has 0 amide bonds. The summed E-state index contributed by atoms with van der Waals surface area (Å²) in [7, 11) is 1.85. The van der Waals surface area contributed by atoms with Crippen molar-refractivity contribution < 1.29 is 9.13 Å². The van der Waals surface area contributed by atoms with E-state index in [0.29, 0.717) is 29.0 Å². The molecule has 1 aromatic carbocycles. The van der Waals surface area contributed by atoms with E-state index in [1.807, 2.05) is 31.4 Å². The largest absolute Gasteiger partial charge is 0.491 e. The Bertz CT molecular complexity index is 1140. The minimum Gasteiger partial charge on any atom is -0.491 e. The molecular weight excluding hydrogens is 397 g/mol. The van der Waals surface area contributed by atoms with Crippen LogP contribution in [0.15, 0.2) is 42.9 Å². The fourth-order valence-corrected chi connectivity index (χ4v) is 4.50. The molecule has 2 aliphatic rings. The van der Waals surface area contributed by atoms with Gasteiger partial charge in [0.05, 0.1) is 24.0 Å². The van der Waals surface area contributed by atoms with Crippen molar-refractivity contribution in [2.24, 2.45) is 7.05 Å². The predicted molar refractivity (Wildman–Crippen MR) is 114 cm³/mol. The summed E-state index contributed by atoms with van der Waals surface area (Å²) >= 11 is 0. The number of halogens is 1. The SMILES string of the molecule is Cn1cc(-c2ncc(C#N)c(N3C[C@@H]4C[C@H]3CN4c3cccc(OCCF)c3)n2)cn1. The molecule has 0 unspecified atom stereocenters. The Kier molecular flexibility index (Phi) is 4.90. The van der Waals surface area contributed by atoms with Gasteiger partial charge in [0.15, 0.2) is 11.6 Å². The summed E-state index contributed by atoms with van der Waals surface area (Å²) < 4.78 is 19.6. The second-order valence-corrected chi connectivity index (χ2v) is 7.83. The van der Waals surface area contributed by atoms with Crippen LogP contribution in [0.4, 0.5) is 15.9 Å². The number of benzene rings is 1. The third kappa shape index (κ3) is 3.54. The van der Waals surface area contributed by atoms with Gasteiger partial charge in [0.2, 0.25) is 0 Å². The lowest BCUT2D eigenvalue weighted by Crippen LogP contribution is -2.47. The summed E-state index contributed by atoms with van der Waals surface area (Å²) in [5, 5.41) is 13.8. The van der Waals surface area contributed by atoms with E-state index in [2.05, 4.69) is 32.0 Å². The molecule has 5 rings (SSSR count). The lowest BCUT2D eigenvalue weighted by molar-refractivity contribution is 0.273. The molecule has 31 heavy (non-hydrogen) atoms. The maximum atomic E-state index is 12.4. The molecular formula is C22H22FN7O. The third-order valence-corrected chi connectivity index (χ3v) is 5.86. The maximum absolute atomic E-state index is 12.4. The van der Waals surface area contributed by atoms with Gasteiger partial charge in [0.25, 0.3) is 0 Å². The summed E-state index contributed by atoms with van der Waals surface area (Å²) in [5.74, 6) is 1.93. The number of nitriles is 1. The first-order valence-electron chi connectivity index (χ1n) is 10.2. The highest BCUT2D eigenvalue weighted by atomic mass is 19.1. The van der Waals surface area contributed by atoms with E-state index in [0.717, 1.165) is 30.8 Å². The minimum atomic E-state index is -0.505. The molecule has 2 aliphatic heterocycles. The molecule has 2 aromatic heterocycles. The van der Waals surface area contributed by atoms with E-state index >= 15 is 0 Å². The smallest absolute Gasteiger partial charge is 0.164 e. The standard InChI is InChI=1S/C22H22FN7O/c1-28-12-16(11-26-28)21-25-10-15(9-24)22(27-21)30-14-18-7-19(30)13-29(18)17-3-2-4-20(8-17)31-6-5-23/h2-4,8,10-12,18-19H,5-7,13-14H2,1H3/t18-,19-/m0/s1. The maximum Gasteiger partial charge on any atom is 0.164 e. The van der Waals surface area contributed by atoms with Gasteiger partial charge in [-0.1, -0.05) is 6.07 Å². The fourth-order valence-electron chi connectivity index (χ4n) is 4.50. The molecule has 2 fully saturated rings. The zero-order valence-electron chi connectivity index (χ0n) is 17.1. The number of anilines is 2. The number of nitrogens with zero attached hydrogens (tertiary/aromatic N) is 7. The first-order chi connectivity index (χ1) is 15.2. The van der Waals surface area contributed by atoms with E-state index < -0.39 is 6.67 Å². The Labute approximate surface area is 179 Å². The van der Waals surface area contributed by atoms with Crippen molar-refractivity contribution >= 4 is 11.5 Å². The molecule has 0 saturated carbocycles. The molecule has 3 aromatic rings. The van der Waals surface area contributed by atoms with Crippen LogP contribution in [-0.4, -0.2) is 58.2 Å². The van der Waals surface area contributed by atoms with Gasteiger partial charge < -0.3 is 14.5 Å². The van der Waals surface area contributed by atoms with Crippen LogP contribution in [0.1, 0.15) is 12.0 Å². The number of aromatic nitrogens is 4. The summed E-state index contributed by atoms with van der Waals surface area (Å²) in [6.07, 6.45) is 6.18. The normalized spacial score (nSPS) is 19.6. The van der Waals surface area contributed by atoms with Crippen molar-refractivity contribution in [2.75, 3.05) is 36.2 Å². The first kappa shape index (κ1) is 19.3.